The maximum absolute atomic E-state index is 11.6. The molecule has 0 aliphatic heterocycles. The van der Waals surface area contributed by atoms with Crippen LogP contribution in [0.1, 0.15) is 38.2 Å². The topological polar surface area (TPSA) is 42.0 Å². The average Bonchev–Trinajstić information content (AvgIpc) is 2.53. The monoisotopic (exact) mass is 212 g/mol. The molecule has 1 amide bonds. The summed E-state index contributed by atoms with van der Waals surface area (Å²) in [6.45, 7) is 8.29. The lowest BCUT2D eigenvalue weighted by atomic mass is 9.88. The maximum Gasteiger partial charge on any atom is 0.270 e. The molecule has 1 rings (SSSR count). The van der Waals surface area contributed by atoms with E-state index in [2.05, 4.69) is 31.1 Å². The van der Waals surface area contributed by atoms with Crippen molar-refractivity contribution in [3.8, 4) is 0 Å². The first-order valence-electron chi connectivity index (χ1n) is 4.60. The summed E-state index contributed by atoms with van der Waals surface area (Å²) in [5.74, 6) is -0.0892. The highest BCUT2D eigenvalue weighted by atomic mass is 32.1. The second-order valence-corrected chi connectivity index (χ2v) is 5.15. The Morgan fingerprint density at radius 3 is 2.64 bits per heavy atom. The van der Waals surface area contributed by atoms with Gasteiger partial charge in [0.15, 0.2) is 0 Å². The lowest BCUT2D eigenvalue weighted by molar-refractivity contribution is 0.0906. The molecule has 0 fully saturated rings. The minimum absolute atomic E-state index is 0.0751. The number of carbonyl (C=O) groups is 1. The number of aromatic nitrogens is 1. The maximum atomic E-state index is 11.6. The van der Waals surface area contributed by atoms with Crippen LogP contribution in [0.4, 0.5) is 0 Å². The van der Waals surface area contributed by atoms with Crippen molar-refractivity contribution >= 4 is 17.2 Å². The van der Waals surface area contributed by atoms with E-state index in [-0.39, 0.29) is 17.4 Å². The predicted molar refractivity (Wildman–Crippen MR) is 58.5 cm³/mol. The van der Waals surface area contributed by atoms with Gasteiger partial charge in [0.25, 0.3) is 5.91 Å². The van der Waals surface area contributed by atoms with Crippen molar-refractivity contribution < 1.29 is 4.79 Å². The number of amides is 1. The molecule has 0 spiro atoms. The Kier molecular flexibility index (Phi) is 3.26. The first-order valence-corrected chi connectivity index (χ1v) is 5.54. The van der Waals surface area contributed by atoms with E-state index in [4.69, 9.17) is 0 Å². The Morgan fingerprint density at radius 1 is 1.57 bits per heavy atom. The second kappa shape index (κ2) is 4.09. The Balaban J connectivity index is 2.58. The first-order chi connectivity index (χ1) is 6.41. The summed E-state index contributed by atoms with van der Waals surface area (Å²) in [6.07, 6.45) is 0. The van der Waals surface area contributed by atoms with Gasteiger partial charge in [-0.05, 0) is 12.3 Å². The number of thiazole rings is 1. The van der Waals surface area contributed by atoms with Gasteiger partial charge in [0.2, 0.25) is 0 Å². The third-order valence-corrected chi connectivity index (χ3v) is 2.90. The zero-order valence-electron chi connectivity index (χ0n) is 9.00. The smallest absolute Gasteiger partial charge is 0.270 e. The summed E-state index contributed by atoms with van der Waals surface area (Å²) in [5.41, 5.74) is 2.24. The Bertz CT molecular complexity index is 300. The lowest BCUT2D eigenvalue weighted by Crippen LogP contribution is -2.41. The molecular weight excluding hydrogens is 196 g/mol. The van der Waals surface area contributed by atoms with Crippen molar-refractivity contribution in [3.05, 3.63) is 16.6 Å². The van der Waals surface area contributed by atoms with Crippen LogP contribution in [0.2, 0.25) is 0 Å². The minimum atomic E-state index is -0.0892. The molecule has 0 radical (unpaired) electrons. The van der Waals surface area contributed by atoms with Crippen LogP contribution >= 0.6 is 11.3 Å². The summed E-state index contributed by atoms with van der Waals surface area (Å²) < 4.78 is 0. The van der Waals surface area contributed by atoms with Crippen molar-refractivity contribution in [2.75, 3.05) is 0 Å². The Morgan fingerprint density at radius 2 is 2.21 bits per heavy atom. The van der Waals surface area contributed by atoms with E-state index in [9.17, 15) is 4.79 Å². The molecule has 0 aliphatic carbocycles. The van der Waals surface area contributed by atoms with Crippen LogP contribution in [0.5, 0.6) is 0 Å². The highest BCUT2D eigenvalue weighted by Gasteiger charge is 2.22. The van der Waals surface area contributed by atoms with Gasteiger partial charge in [-0.15, -0.1) is 11.3 Å². The predicted octanol–water partition coefficient (Wildman–Crippen LogP) is 2.31. The second-order valence-electron chi connectivity index (χ2n) is 4.43. The fraction of sp³-hybridized carbons (Fsp3) is 0.600. The third-order valence-electron chi connectivity index (χ3n) is 2.31. The number of rotatable bonds is 2. The van der Waals surface area contributed by atoms with E-state index in [1.54, 1.807) is 10.9 Å². The molecule has 0 saturated heterocycles. The van der Waals surface area contributed by atoms with Crippen molar-refractivity contribution in [2.24, 2.45) is 5.41 Å². The normalized spacial score (nSPS) is 13.7. The lowest BCUT2D eigenvalue weighted by Gasteiger charge is -2.27. The fourth-order valence-corrected chi connectivity index (χ4v) is 1.34. The van der Waals surface area contributed by atoms with E-state index < -0.39 is 0 Å². The van der Waals surface area contributed by atoms with Crippen LogP contribution < -0.4 is 5.32 Å². The molecule has 4 heteroatoms. The van der Waals surface area contributed by atoms with Gasteiger partial charge in [-0.1, -0.05) is 20.8 Å². The van der Waals surface area contributed by atoms with E-state index >= 15 is 0 Å². The molecule has 0 bridgehead atoms. The molecule has 1 N–H and O–H groups in total. The van der Waals surface area contributed by atoms with Crippen LogP contribution in [-0.2, 0) is 0 Å². The summed E-state index contributed by atoms with van der Waals surface area (Å²) in [7, 11) is 0. The number of hydrogen-bond acceptors (Lipinski definition) is 3. The number of nitrogens with one attached hydrogen (secondary N) is 1. The Hall–Kier alpha value is -0.900. The van der Waals surface area contributed by atoms with Crippen molar-refractivity contribution in [2.45, 2.75) is 33.7 Å². The van der Waals surface area contributed by atoms with E-state index in [0.717, 1.165) is 0 Å². The number of hydrogen-bond donors (Lipinski definition) is 1. The molecule has 1 heterocycles. The quantitative estimate of drug-likeness (QED) is 0.817. The first kappa shape index (κ1) is 11.2. The molecule has 0 aliphatic rings. The van der Waals surface area contributed by atoms with Gasteiger partial charge in [0.1, 0.15) is 5.69 Å². The largest absolute Gasteiger partial charge is 0.348 e. The number of carbonyl (C=O) groups excluding carboxylic acids is 1. The molecule has 1 aromatic rings. The third kappa shape index (κ3) is 2.80. The highest BCUT2D eigenvalue weighted by molar-refractivity contribution is 7.07. The molecule has 3 nitrogen and oxygen atoms in total. The average molecular weight is 212 g/mol. The summed E-state index contributed by atoms with van der Waals surface area (Å²) >= 11 is 1.43. The van der Waals surface area contributed by atoms with Gasteiger partial charge in [-0.3, -0.25) is 4.79 Å². The zero-order chi connectivity index (χ0) is 10.8. The van der Waals surface area contributed by atoms with Gasteiger partial charge in [-0.2, -0.15) is 0 Å². The van der Waals surface area contributed by atoms with Gasteiger partial charge in [0.05, 0.1) is 5.51 Å². The molecule has 1 unspecified atom stereocenters. The van der Waals surface area contributed by atoms with E-state index in [1.807, 2.05) is 6.92 Å². The molecule has 0 saturated carbocycles. The molecule has 0 aromatic carbocycles. The summed E-state index contributed by atoms with van der Waals surface area (Å²) in [4.78, 5) is 15.6. The summed E-state index contributed by atoms with van der Waals surface area (Å²) in [5, 5.41) is 4.68. The van der Waals surface area contributed by atoms with Crippen LogP contribution in [0, 0.1) is 5.41 Å². The SMILES string of the molecule is CC(NC(=O)c1cscn1)C(C)(C)C. The van der Waals surface area contributed by atoms with Gasteiger partial charge in [0, 0.05) is 11.4 Å². The van der Waals surface area contributed by atoms with Crippen LogP contribution in [0.25, 0.3) is 0 Å². The fourth-order valence-electron chi connectivity index (χ4n) is 0.812. The summed E-state index contributed by atoms with van der Waals surface area (Å²) in [6, 6.07) is 0.136. The molecular formula is C10H16N2OS. The van der Waals surface area contributed by atoms with Crippen LogP contribution in [0.15, 0.2) is 10.9 Å². The number of nitrogens with zero attached hydrogens (tertiary/aromatic N) is 1. The minimum Gasteiger partial charge on any atom is -0.348 e. The van der Waals surface area contributed by atoms with Crippen LogP contribution in [-0.4, -0.2) is 16.9 Å². The molecule has 1 atom stereocenters. The van der Waals surface area contributed by atoms with Crippen molar-refractivity contribution in [1.29, 1.82) is 0 Å². The van der Waals surface area contributed by atoms with Crippen molar-refractivity contribution in [3.63, 3.8) is 0 Å². The highest BCUT2D eigenvalue weighted by Crippen LogP contribution is 2.18. The van der Waals surface area contributed by atoms with Crippen LogP contribution in [0.3, 0.4) is 0 Å². The van der Waals surface area contributed by atoms with Gasteiger partial charge < -0.3 is 5.32 Å². The Labute approximate surface area is 88.6 Å². The molecule has 1 aromatic heterocycles. The van der Waals surface area contributed by atoms with E-state index in [1.165, 1.54) is 11.3 Å². The zero-order valence-corrected chi connectivity index (χ0v) is 9.81. The molecule has 78 valence electrons. The standard InChI is InChI=1S/C10H16N2OS/c1-7(10(2,3)4)12-9(13)8-5-14-6-11-8/h5-7H,1-4H3,(H,12,13). The van der Waals surface area contributed by atoms with E-state index in [0.29, 0.717) is 5.69 Å². The van der Waals surface area contributed by atoms with Gasteiger partial charge >= 0.3 is 0 Å². The molecule has 14 heavy (non-hydrogen) atoms. The van der Waals surface area contributed by atoms with Gasteiger partial charge in [-0.25, -0.2) is 4.98 Å². The van der Waals surface area contributed by atoms with Crippen molar-refractivity contribution in [1.82, 2.24) is 10.3 Å².